The number of esters is 2. The van der Waals surface area contributed by atoms with E-state index in [1.807, 2.05) is 0 Å². The van der Waals surface area contributed by atoms with Crippen LogP contribution in [0.4, 0.5) is 0 Å². The number of rotatable bonds is 7. The minimum absolute atomic E-state index is 0.177. The van der Waals surface area contributed by atoms with Crippen molar-refractivity contribution in [1.82, 2.24) is 0 Å². The molecule has 25 heavy (non-hydrogen) atoms. The third-order valence-corrected chi connectivity index (χ3v) is 4.25. The molecular formula is C19H22O6. The standard InChI is InChI=1S/C19H22O6/c1-2-17(20)24-15-8-3-13(4-9-15)5-12-18(21)25-16-10-6-14(7-11-16)19(22)23/h2-4,8-9,14,16H,1,5-7,10-12H2,(H,22,23)/t14-,16-. The lowest BCUT2D eigenvalue weighted by Crippen LogP contribution is -2.27. The van der Waals surface area contributed by atoms with Gasteiger partial charge in [-0.05, 0) is 49.8 Å². The first-order chi connectivity index (χ1) is 12.0. The normalized spacial score (nSPS) is 19.7. The van der Waals surface area contributed by atoms with E-state index in [0.29, 0.717) is 37.9 Å². The summed E-state index contributed by atoms with van der Waals surface area (Å²) in [7, 11) is 0. The molecular weight excluding hydrogens is 324 g/mol. The van der Waals surface area contributed by atoms with E-state index in [2.05, 4.69) is 6.58 Å². The Balaban J connectivity index is 1.72. The van der Waals surface area contributed by atoms with Crippen LogP contribution < -0.4 is 4.74 Å². The Bertz CT molecular complexity index is 626. The zero-order valence-corrected chi connectivity index (χ0v) is 14.0. The zero-order chi connectivity index (χ0) is 18.2. The van der Waals surface area contributed by atoms with Crippen molar-refractivity contribution in [3.63, 3.8) is 0 Å². The van der Waals surface area contributed by atoms with Crippen molar-refractivity contribution >= 4 is 17.9 Å². The molecule has 0 saturated heterocycles. The molecule has 0 radical (unpaired) electrons. The molecule has 0 atom stereocenters. The third-order valence-electron chi connectivity index (χ3n) is 4.25. The van der Waals surface area contributed by atoms with Crippen LogP contribution in [0.3, 0.4) is 0 Å². The average Bonchev–Trinajstić information content (AvgIpc) is 2.61. The van der Waals surface area contributed by atoms with Gasteiger partial charge in [-0.25, -0.2) is 4.79 Å². The number of aryl methyl sites for hydroxylation is 1. The van der Waals surface area contributed by atoms with Crippen molar-refractivity contribution in [1.29, 1.82) is 0 Å². The molecule has 0 spiro atoms. The molecule has 0 amide bonds. The van der Waals surface area contributed by atoms with E-state index >= 15 is 0 Å². The van der Waals surface area contributed by atoms with Gasteiger partial charge < -0.3 is 14.6 Å². The predicted molar refractivity (Wildman–Crippen MR) is 90.1 cm³/mol. The summed E-state index contributed by atoms with van der Waals surface area (Å²) in [6.45, 7) is 3.33. The van der Waals surface area contributed by atoms with E-state index in [9.17, 15) is 14.4 Å². The van der Waals surface area contributed by atoms with E-state index in [4.69, 9.17) is 14.6 Å². The maximum absolute atomic E-state index is 11.9. The molecule has 1 aromatic rings. The number of carboxylic acids is 1. The number of carboxylic acid groups (broad SMARTS) is 1. The van der Waals surface area contributed by atoms with Crippen LogP contribution in [-0.2, 0) is 25.5 Å². The summed E-state index contributed by atoms with van der Waals surface area (Å²) >= 11 is 0. The Kier molecular flexibility index (Phi) is 6.74. The van der Waals surface area contributed by atoms with Crippen LogP contribution in [0.15, 0.2) is 36.9 Å². The largest absolute Gasteiger partial charge is 0.481 e. The highest BCUT2D eigenvalue weighted by Crippen LogP contribution is 2.26. The number of hydrogen-bond donors (Lipinski definition) is 1. The summed E-state index contributed by atoms with van der Waals surface area (Å²) < 4.78 is 10.4. The van der Waals surface area contributed by atoms with E-state index in [1.165, 1.54) is 0 Å². The number of carbonyl (C=O) groups excluding carboxylic acids is 2. The van der Waals surface area contributed by atoms with Gasteiger partial charge in [-0.3, -0.25) is 9.59 Å². The quantitative estimate of drug-likeness (QED) is 0.464. The highest BCUT2D eigenvalue weighted by atomic mass is 16.5. The second kappa shape index (κ2) is 9.01. The fourth-order valence-corrected chi connectivity index (χ4v) is 2.80. The fraction of sp³-hybridized carbons (Fsp3) is 0.421. The Morgan fingerprint density at radius 3 is 2.32 bits per heavy atom. The molecule has 0 bridgehead atoms. The van der Waals surface area contributed by atoms with Crippen molar-refractivity contribution in [3.8, 4) is 5.75 Å². The van der Waals surface area contributed by atoms with Gasteiger partial charge in [0.25, 0.3) is 0 Å². The predicted octanol–water partition coefficient (Wildman–Crippen LogP) is 2.90. The van der Waals surface area contributed by atoms with Crippen LogP contribution in [0.5, 0.6) is 5.75 Å². The molecule has 1 aliphatic carbocycles. The fourth-order valence-electron chi connectivity index (χ4n) is 2.80. The molecule has 6 nitrogen and oxygen atoms in total. The van der Waals surface area contributed by atoms with Gasteiger partial charge in [0.2, 0.25) is 0 Å². The lowest BCUT2D eigenvalue weighted by atomic mass is 9.87. The van der Waals surface area contributed by atoms with Crippen molar-refractivity contribution in [2.45, 2.75) is 44.6 Å². The SMILES string of the molecule is C=CC(=O)Oc1ccc(CCC(=O)O[C@H]2CC[C@H](C(=O)O)CC2)cc1. The summed E-state index contributed by atoms with van der Waals surface area (Å²) in [5.74, 6) is -1.46. The molecule has 0 unspecified atom stereocenters. The van der Waals surface area contributed by atoms with Gasteiger partial charge in [0.1, 0.15) is 11.9 Å². The van der Waals surface area contributed by atoms with Gasteiger partial charge in [0.15, 0.2) is 0 Å². The first kappa shape index (κ1) is 18.7. The molecule has 1 fully saturated rings. The monoisotopic (exact) mass is 346 g/mol. The summed E-state index contributed by atoms with van der Waals surface area (Å²) in [6, 6.07) is 6.90. The van der Waals surface area contributed by atoms with Crippen molar-refractivity contribution in [2.24, 2.45) is 5.92 Å². The van der Waals surface area contributed by atoms with Gasteiger partial charge in [0, 0.05) is 12.5 Å². The lowest BCUT2D eigenvalue weighted by molar-refractivity contribution is -0.152. The second-order valence-corrected chi connectivity index (χ2v) is 6.07. The molecule has 0 heterocycles. The van der Waals surface area contributed by atoms with Crippen molar-refractivity contribution in [2.75, 3.05) is 0 Å². The highest BCUT2D eigenvalue weighted by Gasteiger charge is 2.27. The summed E-state index contributed by atoms with van der Waals surface area (Å²) in [6.07, 6.45) is 4.01. The highest BCUT2D eigenvalue weighted by molar-refractivity contribution is 5.83. The van der Waals surface area contributed by atoms with E-state index in [-0.39, 0.29) is 24.4 Å². The van der Waals surface area contributed by atoms with Crippen molar-refractivity contribution < 1.29 is 29.0 Å². The molecule has 0 aliphatic heterocycles. The third kappa shape index (κ3) is 6.06. The Labute approximate surface area is 146 Å². The average molecular weight is 346 g/mol. The maximum atomic E-state index is 11.9. The Morgan fingerprint density at radius 2 is 1.76 bits per heavy atom. The lowest BCUT2D eigenvalue weighted by Gasteiger charge is -2.25. The number of hydrogen-bond acceptors (Lipinski definition) is 5. The summed E-state index contributed by atoms with van der Waals surface area (Å²) in [5, 5.41) is 8.96. The smallest absolute Gasteiger partial charge is 0.335 e. The molecule has 6 heteroatoms. The number of aliphatic carboxylic acids is 1. The molecule has 0 aromatic heterocycles. The minimum Gasteiger partial charge on any atom is -0.481 e. The molecule has 1 aromatic carbocycles. The molecule has 1 aliphatic rings. The summed E-state index contributed by atoms with van der Waals surface area (Å²) in [4.78, 5) is 33.9. The van der Waals surface area contributed by atoms with E-state index < -0.39 is 11.9 Å². The number of ether oxygens (including phenoxy) is 2. The van der Waals surface area contributed by atoms with Crippen LogP contribution in [0.2, 0.25) is 0 Å². The molecule has 1 N–H and O–H groups in total. The van der Waals surface area contributed by atoms with Crippen LogP contribution in [0, 0.1) is 5.92 Å². The van der Waals surface area contributed by atoms with E-state index in [1.54, 1.807) is 24.3 Å². The number of carbonyl (C=O) groups is 3. The van der Waals surface area contributed by atoms with Crippen LogP contribution in [-0.4, -0.2) is 29.1 Å². The van der Waals surface area contributed by atoms with Gasteiger partial charge in [-0.1, -0.05) is 18.7 Å². The number of benzene rings is 1. The van der Waals surface area contributed by atoms with Gasteiger partial charge >= 0.3 is 17.9 Å². The Hall–Kier alpha value is -2.63. The summed E-state index contributed by atoms with van der Waals surface area (Å²) in [5.41, 5.74) is 0.935. The molecule has 134 valence electrons. The van der Waals surface area contributed by atoms with Crippen LogP contribution >= 0.6 is 0 Å². The van der Waals surface area contributed by atoms with Crippen molar-refractivity contribution in [3.05, 3.63) is 42.5 Å². The molecule has 1 saturated carbocycles. The van der Waals surface area contributed by atoms with Gasteiger partial charge in [-0.2, -0.15) is 0 Å². The molecule has 2 rings (SSSR count). The zero-order valence-electron chi connectivity index (χ0n) is 14.0. The van der Waals surface area contributed by atoms with Gasteiger partial charge in [0.05, 0.1) is 5.92 Å². The topological polar surface area (TPSA) is 89.9 Å². The maximum Gasteiger partial charge on any atom is 0.335 e. The van der Waals surface area contributed by atoms with Gasteiger partial charge in [-0.15, -0.1) is 0 Å². The first-order valence-electron chi connectivity index (χ1n) is 8.33. The minimum atomic E-state index is -0.771. The Morgan fingerprint density at radius 1 is 1.12 bits per heavy atom. The van der Waals surface area contributed by atoms with Crippen LogP contribution in [0.25, 0.3) is 0 Å². The first-order valence-corrected chi connectivity index (χ1v) is 8.33. The van der Waals surface area contributed by atoms with E-state index in [0.717, 1.165) is 11.6 Å². The second-order valence-electron chi connectivity index (χ2n) is 6.07. The van der Waals surface area contributed by atoms with Crippen LogP contribution in [0.1, 0.15) is 37.7 Å².